The molecular formula is C9H17F2NO. The average molecular weight is 193 g/mol. The van der Waals surface area contributed by atoms with Gasteiger partial charge >= 0.3 is 0 Å². The molecule has 0 heterocycles. The molecule has 0 spiro atoms. The Bertz CT molecular complexity index is 140. The molecule has 1 N–H and O–H groups in total. The Morgan fingerprint density at radius 2 is 2.23 bits per heavy atom. The minimum absolute atomic E-state index is 0.321. The van der Waals surface area contributed by atoms with Crippen molar-refractivity contribution < 1.29 is 13.5 Å². The van der Waals surface area contributed by atoms with Crippen LogP contribution >= 0.6 is 0 Å². The lowest BCUT2D eigenvalue weighted by molar-refractivity contribution is 0.0189. The largest absolute Gasteiger partial charge is 0.374 e. The molecule has 0 rings (SSSR count). The van der Waals surface area contributed by atoms with E-state index < -0.39 is 13.0 Å². The molecule has 0 unspecified atom stereocenters. The van der Waals surface area contributed by atoms with Crippen molar-refractivity contribution in [3.8, 4) is 0 Å². The highest BCUT2D eigenvalue weighted by Crippen LogP contribution is 1.93. The van der Waals surface area contributed by atoms with Gasteiger partial charge in [0, 0.05) is 13.1 Å². The van der Waals surface area contributed by atoms with Gasteiger partial charge in [-0.15, -0.1) is 0 Å². The van der Waals surface area contributed by atoms with Gasteiger partial charge in [-0.05, 0) is 6.42 Å². The Morgan fingerprint density at radius 1 is 1.54 bits per heavy atom. The van der Waals surface area contributed by atoms with E-state index in [1.807, 2.05) is 6.92 Å². The number of hydrogen-bond acceptors (Lipinski definition) is 2. The minimum Gasteiger partial charge on any atom is -0.374 e. The van der Waals surface area contributed by atoms with Gasteiger partial charge in [0.2, 0.25) is 0 Å². The molecule has 0 bridgehead atoms. The van der Waals surface area contributed by atoms with Crippen LogP contribution in [0.15, 0.2) is 12.2 Å². The summed E-state index contributed by atoms with van der Waals surface area (Å²) in [6.45, 7) is 6.99. The molecule has 2 nitrogen and oxygen atoms in total. The summed E-state index contributed by atoms with van der Waals surface area (Å²) in [7, 11) is 0. The minimum atomic E-state index is -2.37. The van der Waals surface area contributed by atoms with Crippen molar-refractivity contribution in [1.29, 1.82) is 0 Å². The lowest BCUT2D eigenvalue weighted by Gasteiger charge is -2.06. The van der Waals surface area contributed by atoms with E-state index in [0.29, 0.717) is 13.2 Å². The first-order chi connectivity index (χ1) is 6.16. The van der Waals surface area contributed by atoms with E-state index in [1.165, 1.54) is 0 Å². The Labute approximate surface area is 78.0 Å². The summed E-state index contributed by atoms with van der Waals surface area (Å²) in [5, 5.41) is 3.04. The Balaban J connectivity index is 3.04. The van der Waals surface area contributed by atoms with Crippen molar-refractivity contribution in [3.05, 3.63) is 12.2 Å². The van der Waals surface area contributed by atoms with Crippen molar-refractivity contribution in [2.24, 2.45) is 0 Å². The maximum Gasteiger partial charge on any atom is 0.261 e. The molecule has 0 aromatic heterocycles. The van der Waals surface area contributed by atoms with Crippen molar-refractivity contribution >= 4 is 0 Å². The van der Waals surface area contributed by atoms with Crippen molar-refractivity contribution in [2.45, 2.75) is 19.8 Å². The molecule has 0 aliphatic heterocycles. The standard InChI is InChI=1S/C9H17F2NO/c1-3-8(2)6-12-4-5-13-7-9(10)11/h9,12H,2-7H2,1H3. The smallest absolute Gasteiger partial charge is 0.261 e. The van der Waals surface area contributed by atoms with Crippen molar-refractivity contribution in [3.63, 3.8) is 0 Å². The van der Waals surface area contributed by atoms with Gasteiger partial charge in [-0.1, -0.05) is 19.1 Å². The van der Waals surface area contributed by atoms with Crippen LogP contribution in [0.25, 0.3) is 0 Å². The second kappa shape index (κ2) is 8.13. The zero-order valence-corrected chi connectivity index (χ0v) is 7.98. The molecule has 0 radical (unpaired) electrons. The molecule has 0 aliphatic carbocycles. The van der Waals surface area contributed by atoms with Gasteiger partial charge in [0.1, 0.15) is 6.61 Å². The summed E-state index contributed by atoms with van der Waals surface area (Å²) < 4.78 is 27.8. The summed E-state index contributed by atoms with van der Waals surface area (Å²) in [5.41, 5.74) is 1.11. The van der Waals surface area contributed by atoms with Gasteiger partial charge in [-0.25, -0.2) is 8.78 Å². The normalized spacial score (nSPS) is 10.8. The fourth-order valence-electron chi connectivity index (χ4n) is 0.707. The molecule has 0 amide bonds. The van der Waals surface area contributed by atoms with Crippen LogP contribution in [0.3, 0.4) is 0 Å². The van der Waals surface area contributed by atoms with E-state index in [-0.39, 0.29) is 0 Å². The Hall–Kier alpha value is -0.480. The molecule has 78 valence electrons. The summed E-state index contributed by atoms with van der Waals surface area (Å²) in [5.74, 6) is 0. The maximum atomic E-state index is 11.6. The van der Waals surface area contributed by atoms with Crippen LogP contribution < -0.4 is 5.32 Å². The Morgan fingerprint density at radius 3 is 2.77 bits per heavy atom. The van der Waals surface area contributed by atoms with Crippen LogP contribution in [0.5, 0.6) is 0 Å². The van der Waals surface area contributed by atoms with E-state index in [1.54, 1.807) is 0 Å². The van der Waals surface area contributed by atoms with Gasteiger partial charge in [-0.3, -0.25) is 0 Å². The highest BCUT2D eigenvalue weighted by atomic mass is 19.3. The lowest BCUT2D eigenvalue weighted by atomic mass is 10.2. The third-order valence-electron chi connectivity index (χ3n) is 1.54. The SMILES string of the molecule is C=C(CC)CNCCOCC(F)F. The number of hydrogen-bond donors (Lipinski definition) is 1. The van der Waals surface area contributed by atoms with Crippen molar-refractivity contribution in [2.75, 3.05) is 26.3 Å². The van der Waals surface area contributed by atoms with Crippen LogP contribution in [-0.4, -0.2) is 32.7 Å². The first kappa shape index (κ1) is 12.5. The number of halogens is 2. The number of rotatable bonds is 8. The Kier molecular flexibility index (Phi) is 7.83. The molecule has 0 aliphatic rings. The van der Waals surface area contributed by atoms with Crippen LogP contribution in [-0.2, 0) is 4.74 Å². The summed E-state index contributed by atoms with van der Waals surface area (Å²) in [4.78, 5) is 0. The predicted molar refractivity (Wildman–Crippen MR) is 49.1 cm³/mol. The van der Waals surface area contributed by atoms with Crippen LogP contribution in [0.4, 0.5) is 8.78 Å². The van der Waals surface area contributed by atoms with Crippen LogP contribution in [0, 0.1) is 0 Å². The number of ether oxygens (including phenoxy) is 1. The lowest BCUT2D eigenvalue weighted by Crippen LogP contribution is -2.22. The van der Waals surface area contributed by atoms with Gasteiger partial charge in [0.25, 0.3) is 6.43 Å². The number of alkyl halides is 2. The van der Waals surface area contributed by atoms with E-state index in [2.05, 4.69) is 16.6 Å². The van der Waals surface area contributed by atoms with Gasteiger partial charge in [-0.2, -0.15) is 0 Å². The molecule has 0 aromatic carbocycles. The summed E-state index contributed by atoms with van der Waals surface area (Å²) in [6, 6.07) is 0. The highest BCUT2D eigenvalue weighted by molar-refractivity contribution is 4.94. The van der Waals surface area contributed by atoms with Gasteiger partial charge in [0.05, 0.1) is 6.61 Å². The summed E-state index contributed by atoms with van der Waals surface area (Å²) >= 11 is 0. The molecule has 0 saturated heterocycles. The molecule has 0 fully saturated rings. The quantitative estimate of drug-likeness (QED) is 0.469. The molecule has 0 aromatic rings. The first-order valence-electron chi connectivity index (χ1n) is 4.40. The van der Waals surface area contributed by atoms with E-state index >= 15 is 0 Å². The molecule has 0 atom stereocenters. The monoisotopic (exact) mass is 193 g/mol. The van der Waals surface area contributed by atoms with E-state index in [0.717, 1.165) is 18.5 Å². The summed E-state index contributed by atoms with van der Waals surface area (Å²) in [6.07, 6.45) is -1.43. The van der Waals surface area contributed by atoms with Crippen molar-refractivity contribution in [1.82, 2.24) is 5.32 Å². The predicted octanol–water partition coefficient (Wildman–Crippen LogP) is 1.82. The number of nitrogens with one attached hydrogen (secondary N) is 1. The molecule has 4 heteroatoms. The average Bonchev–Trinajstić information content (AvgIpc) is 2.10. The molecule has 13 heavy (non-hydrogen) atoms. The van der Waals surface area contributed by atoms with Crippen LogP contribution in [0.1, 0.15) is 13.3 Å². The second-order valence-corrected chi connectivity index (χ2v) is 2.75. The third kappa shape index (κ3) is 9.43. The fraction of sp³-hybridized carbons (Fsp3) is 0.778. The van der Waals surface area contributed by atoms with E-state index in [4.69, 9.17) is 0 Å². The van der Waals surface area contributed by atoms with Crippen LogP contribution in [0.2, 0.25) is 0 Å². The molecule has 0 saturated carbocycles. The van der Waals surface area contributed by atoms with Gasteiger partial charge < -0.3 is 10.1 Å². The zero-order valence-electron chi connectivity index (χ0n) is 7.98. The first-order valence-corrected chi connectivity index (χ1v) is 4.40. The zero-order chi connectivity index (χ0) is 10.1. The maximum absolute atomic E-state index is 11.6. The second-order valence-electron chi connectivity index (χ2n) is 2.75. The fourth-order valence-corrected chi connectivity index (χ4v) is 0.707. The molecular weight excluding hydrogens is 176 g/mol. The van der Waals surface area contributed by atoms with Gasteiger partial charge in [0.15, 0.2) is 0 Å². The van der Waals surface area contributed by atoms with E-state index in [9.17, 15) is 8.78 Å². The highest BCUT2D eigenvalue weighted by Gasteiger charge is 2.00. The topological polar surface area (TPSA) is 21.3 Å². The third-order valence-corrected chi connectivity index (χ3v) is 1.54.